The minimum Gasteiger partial charge on any atom is -0.468 e. The van der Waals surface area contributed by atoms with Gasteiger partial charge in [-0.15, -0.1) is 0 Å². The summed E-state index contributed by atoms with van der Waals surface area (Å²) in [6.45, 7) is 0.522. The predicted molar refractivity (Wildman–Crippen MR) is 65.4 cm³/mol. The van der Waals surface area contributed by atoms with Gasteiger partial charge in [0.2, 0.25) is 0 Å². The number of hydrogen-bond acceptors (Lipinski definition) is 4. The average Bonchev–Trinajstić information content (AvgIpc) is 2.42. The van der Waals surface area contributed by atoms with Gasteiger partial charge in [-0.25, -0.2) is 0 Å². The van der Waals surface area contributed by atoms with Crippen LogP contribution in [0.5, 0.6) is 0 Å². The lowest BCUT2D eigenvalue weighted by Crippen LogP contribution is -2.55. The lowest BCUT2D eigenvalue weighted by molar-refractivity contribution is -0.175. The first-order chi connectivity index (χ1) is 8.67. The standard InChI is InChI=1S/C14H17NO3/c1-18-13(16)14-6-7-15(17)11(9-14)8-10-4-2-3-5-12(10)14/h2-5,11,17H,6-9H2,1H3. The molecule has 0 amide bonds. The number of ether oxygens (including phenoxy) is 1. The van der Waals surface area contributed by atoms with Crippen molar-refractivity contribution in [1.82, 2.24) is 5.06 Å². The fraction of sp³-hybridized carbons (Fsp3) is 0.500. The smallest absolute Gasteiger partial charge is 0.316 e. The monoisotopic (exact) mass is 247 g/mol. The fourth-order valence-corrected chi connectivity index (χ4v) is 3.43. The van der Waals surface area contributed by atoms with Crippen molar-refractivity contribution in [2.45, 2.75) is 30.7 Å². The Labute approximate surface area is 106 Å². The van der Waals surface area contributed by atoms with Gasteiger partial charge in [-0.3, -0.25) is 4.79 Å². The Morgan fingerprint density at radius 1 is 1.50 bits per heavy atom. The first-order valence-corrected chi connectivity index (χ1v) is 6.30. The fourth-order valence-electron chi connectivity index (χ4n) is 3.43. The van der Waals surface area contributed by atoms with Gasteiger partial charge in [0.15, 0.2) is 0 Å². The van der Waals surface area contributed by atoms with Gasteiger partial charge in [0.05, 0.1) is 12.5 Å². The Morgan fingerprint density at radius 3 is 3.06 bits per heavy atom. The van der Waals surface area contributed by atoms with Gasteiger partial charge in [0, 0.05) is 12.6 Å². The van der Waals surface area contributed by atoms with E-state index in [-0.39, 0.29) is 12.0 Å². The Kier molecular flexibility index (Phi) is 2.64. The maximum absolute atomic E-state index is 12.2. The van der Waals surface area contributed by atoms with Crippen molar-refractivity contribution >= 4 is 5.97 Å². The second kappa shape index (κ2) is 4.07. The van der Waals surface area contributed by atoms with Gasteiger partial charge in [0.25, 0.3) is 0 Å². The summed E-state index contributed by atoms with van der Waals surface area (Å²) in [4.78, 5) is 12.2. The van der Waals surface area contributed by atoms with Crippen LogP contribution in [0, 0.1) is 0 Å². The minimum absolute atomic E-state index is 0.0211. The summed E-state index contributed by atoms with van der Waals surface area (Å²) >= 11 is 0. The third-order valence-corrected chi connectivity index (χ3v) is 4.34. The molecule has 0 saturated carbocycles. The molecule has 1 aromatic carbocycles. The van der Waals surface area contributed by atoms with Crippen LogP contribution in [0.15, 0.2) is 24.3 Å². The lowest BCUT2D eigenvalue weighted by Gasteiger charge is -2.47. The van der Waals surface area contributed by atoms with Gasteiger partial charge in [-0.2, -0.15) is 5.06 Å². The molecule has 1 aromatic rings. The van der Waals surface area contributed by atoms with Crippen molar-refractivity contribution in [1.29, 1.82) is 0 Å². The van der Waals surface area contributed by atoms with Crippen LogP contribution < -0.4 is 0 Å². The molecule has 1 heterocycles. The normalized spacial score (nSPS) is 30.7. The lowest BCUT2D eigenvalue weighted by atomic mass is 9.64. The van der Waals surface area contributed by atoms with Crippen LogP contribution in [-0.4, -0.2) is 35.9 Å². The van der Waals surface area contributed by atoms with Crippen molar-refractivity contribution in [2.75, 3.05) is 13.7 Å². The molecular formula is C14H17NO3. The number of methoxy groups -OCH3 is 1. The highest BCUT2D eigenvalue weighted by Crippen LogP contribution is 2.45. The summed E-state index contributed by atoms with van der Waals surface area (Å²) in [7, 11) is 1.44. The highest BCUT2D eigenvalue weighted by Gasteiger charge is 2.51. The number of benzene rings is 1. The van der Waals surface area contributed by atoms with Crippen LogP contribution in [0.25, 0.3) is 0 Å². The Bertz CT molecular complexity index is 488. The zero-order chi connectivity index (χ0) is 12.8. The summed E-state index contributed by atoms with van der Waals surface area (Å²) in [5.74, 6) is -0.173. The van der Waals surface area contributed by atoms with Crippen LogP contribution in [0.2, 0.25) is 0 Å². The SMILES string of the molecule is COC(=O)C12CCN(O)C(Cc3ccccc31)C2. The van der Waals surface area contributed by atoms with Crippen molar-refractivity contribution in [3.8, 4) is 0 Å². The number of piperidine rings is 1. The molecule has 1 saturated heterocycles. The Morgan fingerprint density at radius 2 is 2.28 bits per heavy atom. The molecule has 4 nitrogen and oxygen atoms in total. The van der Waals surface area contributed by atoms with E-state index in [0.717, 1.165) is 17.5 Å². The van der Waals surface area contributed by atoms with Crippen LogP contribution in [-0.2, 0) is 21.4 Å². The zero-order valence-corrected chi connectivity index (χ0v) is 10.4. The van der Waals surface area contributed by atoms with Gasteiger partial charge >= 0.3 is 5.97 Å². The number of nitrogens with zero attached hydrogens (tertiary/aromatic N) is 1. The molecule has 1 N–H and O–H groups in total. The van der Waals surface area contributed by atoms with Crippen molar-refractivity contribution in [3.05, 3.63) is 35.4 Å². The van der Waals surface area contributed by atoms with E-state index < -0.39 is 5.41 Å². The second-order valence-electron chi connectivity index (χ2n) is 5.21. The van der Waals surface area contributed by atoms with Gasteiger partial charge in [0.1, 0.15) is 0 Å². The number of fused-ring (bicyclic) bond motifs is 4. The van der Waals surface area contributed by atoms with E-state index in [4.69, 9.17) is 4.74 Å². The molecule has 18 heavy (non-hydrogen) atoms. The Hall–Kier alpha value is -1.39. The number of hydroxylamine groups is 2. The highest BCUT2D eigenvalue weighted by molar-refractivity contribution is 5.84. The molecule has 0 radical (unpaired) electrons. The van der Waals surface area contributed by atoms with Crippen molar-refractivity contribution in [2.24, 2.45) is 0 Å². The van der Waals surface area contributed by atoms with Gasteiger partial charge in [-0.05, 0) is 30.4 Å². The molecule has 2 aliphatic rings. The minimum atomic E-state index is -0.562. The maximum Gasteiger partial charge on any atom is 0.316 e. The average molecular weight is 247 g/mol. The second-order valence-corrected chi connectivity index (χ2v) is 5.21. The Balaban J connectivity index is 2.14. The number of carbonyl (C=O) groups excluding carboxylic acids is 1. The van der Waals surface area contributed by atoms with E-state index in [1.807, 2.05) is 24.3 Å². The molecule has 0 aromatic heterocycles. The zero-order valence-electron chi connectivity index (χ0n) is 10.4. The van der Waals surface area contributed by atoms with Crippen LogP contribution in [0.3, 0.4) is 0 Å². The molecular weight excluding hydrogens is 230 g/mol. The molecule has 2 atom stereocenters. The molecule has 1 aliphatic carbocycles. The van der Waals surface area contributed by atoms with E-state index in [0.29, 0.717) is 19.4 Å². The summed E-state index contributed by atoms with van der Waals surface area (Å²) in [5, 5.41) is 11.3. The predicted octanol–water partition coefficient (Wildman–Crippen LogP) is 1.51. The first kappa shape index (κ1) is 11.7. The summed E-state index contributed by atoms with van der Waals surface area (Å²) in [5.41, 5.74) is 1.67. The molecule has 4 heteroatoms. The van der Waals surface area contributed by atoms with E-state index in [1.165, 1.54) is 12.2 Å². The molecule has 1 aliphatic heterocycles. The van der Waals surface area contributed by atoms with Crippen LogP contribution in [0.4, 0.5) is 0 Å². The van der Waals surface area contributed by atoms with Crippen molar-refractivity contribution < 1.29 is 14.7 Å². The van der Waals surface area contributed by atoms with Gasteiger partial charge in [-0.1, -0.05) is 24.3 Å². The van der Waals surface area contributed by atoms with E-state index in [1.54, 1.807) is 0 Å². The third-order valence-electron chi connectivity index (χ3n) is 4.34. The molecule has 3 rings (SSSR count). The largest absolute Gasteiger partial charge is 0.468 e. The number of carbonyl (C=O) groups is 1. The van der Waals surface area contributed by atoms with Crippen LogP contribution >= 0.6 is 0 Å². The molecule has 0 spiro atoms. The summed E-state index contributed by atoms with van der Waals surface area (Å²) in [6.07, 6.45) is 2.06. The topological polar surface area (TPSA) is 49.8 Å². The van der Waals surface area contributed by atoms with Crippen molar-refractivity contribution in [3.63, 3.8) is 0 Å². The third kappa shape index (κ3) is 1.49. The molecule has 2 bridgehead atoms. The molecule has 1 fully saturated rings. The van der Waals surface area contributed by atoms with E-state index in [2.05, 4.69) is 0 Å². The summed E-state index contributed by atoms with van der Waals surface area (Å²) < 4.78 is 5.02. The number of rotatable bonds is 1. The van der Waals surface area contributed by atoms with E-state index in [9.17, 15) is 10.0 Å². The first-order valence-electron chi connectivity index (χ1n) is 6.30. The maximum atomic E-state index is 12.2. The number of esters is 1. The number of hydrogen-bond donors (Lipinski definition) is 1. The van der Waals surface area contributed by atoms with Crippen LogP contribution in [0.1, 0.15) is 24.0 Å². The quantitative estimate of drug-likeness (QED) is 0.764. The molecule has 96 valence electrons. The summed E-state index contributed by atoms with van der Waals surface area (Å²) in [6, 6.07) is 8.03. The van der Waals surface area contributed by atoms with E-state index >= 15 is 0 Å². The van der Waals surface area contributed by atoms with Gasteiger partial charge < -0.3 is 9.94 Å². The highest BCUT2D eigenvalue weighted by atomic mass is 16.5. The molecule has 2 unspecified atom stereocenters.